The maximum atomic E-state index is 12.4. The first-order valence-corrected chi connectivity index (χ1v) is 9.14. The van der Waals surface area contributed by atoms with Crippen molar-refractivity contribution in [3.63, 3.8) is 0 Å². The van der Waals surface area contributed by atoms with Crippen molar-refractivity contribution in [3.05, 3.63) is 39.9 Å². The van der Waals surface area contributed by atoms with Gasteiger partial charge < -0.3 is 15.4 Å². The third-order valence-corrected chi connectivity index (χ3v) is 4.50. The molecule has 1 aliphatic rings. The largest absolute Gasteiger partial charge is 0.444 e. The Labute approximate surface area is 158 Å². The molecule has 148 valence electrons. The number of carbonyl (C=O) groups is 2. The number of rotatable bonds is 5. The summed E-state index contributed by atoms with van der Waals surface area (Å²) in [7, 11) is 0. The van der Waals surface area contributed by atoms with E-state index in [4.69, 9.17) is 4.74 Å². The lowest BCUT2D eigenvalue weighted by Crippen LogP contribution is -2.57. The third kappa shape index (κ3) is 6.23. The Bertz CT molecular complexity index is 688. The van der Waals surface area contributed by atoms with Gasteiger partial charge in [-0.3, -0.25) is 14.9 Å². The zero-order chi connectivity index (χ0) is 20.1. The van der Waals surface area contributed by atoms with Crippen molar-refractivity contribution in [1.29, 1.82) is 0 Å². The van der Waals surface area contributed by atoms with E-state index in [1.807, 2.05) is 0 Å². The summed E-state index contributed by atoms with van der Waals surface area (Å²) in [6.07, 6.45) is 4.04. The van der Waals surface area contributed by atoms with E-state index in [1.54, 1.807) is 20.8 Å². The minimum atomic E-state index is -0.595. The topological polar surface area (TPSA) is 111 Å². The number of non-ortho nitro benzene ring substituents is 1. The molecule has 0 unspecified atom stereocenters. The number of nitrogens with zero attached hydrogens (tertiary/aromatic N) is 1. The summed E-state index contributed by atoms with van der Waals surface area (Å²) in [5, 5.41) is 16.5. The second-order valence-electron chi connectivity index (χ2n) is 7.95. The fourth-order valence-electron chi connectivity index (χ4n) is 3.18. The quantitative estimate of drug-likeness (QED) is 0.602. The molecule has 1 fully saturated rings. The van der Waals surface area contributed by atoms with E-state index in [0.29, 0.717) is 5.56 Å². The summed E-state index contributed by atoms with van der Waals surface area (Å²) < 4.78 is 5.37. The van der Waals surface area contributed by atoms with Crippen LogP contribution < -0.4 is 10.6 Å². The van der Waals surface area contributed by atoms with Gasteiger partial charge in [0, 0.05) is 24.2 Å². The Balaban J connectivity index is 2.02. The Morgan fingerprint density at radius 1 is 1.15 bits per heavy atom. The molecule has 1 saturated carbocycles. The molecule has 0 bridgehead atoms. The van der Waals surface area contributed by atoms with E-state index in [0.717, 1.165) is 32.1 Å². The lowest BCUT2D eigenvalue weighted by Gasteiger charge is -2.38. The minimum Gasteiger partial charge on any atom is -0.444 e. The van der Waals surface area contributed by atoms with Crippen molar-refractivity contribution in [1.82, 2.24) is 10.6 Å². The fourth-order valence-corrected chi connectivity index (χ4v) is 3.18. The van der Waals surface area contributed by atoms with Crippen LogP contribution in [0.25, 0.3) is 0 Å². The van der Waals surface area contributed by atoms with Crippen LogP contribution in [0.5, 0.6) is 0 Å². The average Bonchev–Trinajstić information content (AvgIpc) is 2.59. The van der Waals surface area contributed by atoms with Gasteiger partial charge in [-0.05, 0) is 45.7 Å². The number of alkyl carbamates (subject to hydrolysis) is 1. The van der Waals surface area contributed by atoms with E-state index in [9.17, 15) is 19.7 Å². The number of benzene rings is 1. The zero-order valence-corrected chi connectivity index (χ0v) is 16.0. The number of hydrogen-bond acceptors (Lipinski definition) is 5. The highest BCUT2D eigenvalue weighted by atomic mass is 16.6. The molecule has 2 N–H and O–H groups in total. The molecule has 0 aromatic heterocycles. The first-order valence-electron chi connectivity index (χ1n) is 9.14. The van der Waals surface area contributed by atoms with E-state index in [1.165, 1.54) is 24.3 Å². The smallest absolute Gasteiger partial charge is 0.408 e. The van der Waals surface area contributed by atoms with Crippen molar-refractivity contribution in [2.45, 2.75) is 64.0 Å². The van der Waals surface area contributed by atoms with Crippen LogP contribution in [0.1, 0.15) is 63.2 Å². The number of ether oxygens (including phenoxy) is 1. The second kappa shape index (κ2) is 8.37. The van der Waals surface area contributed by atoms with Crippen LogP contribution in [0.2, 0.25) is 0 Å². The van der Waals surface area contributed by atoms with Gasteiger partial charge in [-0.2, -0.15) is 0 Å². The SMILES string of the molecule is CC(C)(C)OC(=O)NC1(CNC(=O)c2ccc([N+](=O)[O-])cc2)CCCCC1. The summed E-state index contributed by atoms with van der Waals surface area (Å²) in [6, 6.07) is 5.43. The summed E-state index contributed by atoms with van der Waals surface area (Å²) in [5.74, 6) is -0.333. The summed E-state index contributed by atoms with van der Waals surface area (Å²) in [5.41, 5.74) is -0.871. The Morgan fingerprint density at radius 3 is 2.26 bits per heavy atom. The van der Waals surface area contributed by atoms with Gasteiger partial charge in [0.2, 0.25) is 0 Å². The monoisotopic (exact) mass is 377 g/mol. The Morgan fingerprint density at radius 2 is 1.74 bits per heavy atom. The molecule has 0 heterocycles. The van der Waals surface area contributed by atoms with Gasteiger partial charge in [0.05, 0.1) is 10.5 Å². The van der Waals surface area contributed by atoms with Crippen molar-refractivity contribution in [3.8, 4) is 0 Å². The first kappa shape index (κ1) is 20.7. The van der Waals surface area contributed by atoms with Crippen LogP contribution in [-0.4, -0.2) is 34.6 Å². The Hall–Kier alpha value is -2.64. The second-order valence-corrected chi connectivity index (χ2v) is 7.95. The summed E-state index contributed by atoms with van der Waals surface area (Å²) in [4.78, 5) is 34.8. The molecular formula is C19H27N3O5. The zero-order valence-electron chi connectivity index (χ0n) is 16.0. The van der Waals surface area contributed by atoms with Crippen LogP contribution in [0.4, 0.5) is 10.5 Å². The maximum Gasteiger partial charge on any atom is 0.408 e. The van der Waals surface area contributed by atoms with Crippen LogP contribution in [0, 0.1) is 10.1 Å². The molecule has 0 aliphatic heterocycles. The predicted molar refractivity (Wildman–Crippen MR) is 101 cm³/mol. The molecule has 8 nitrogen and oxygen atoms in total. The molecule has 0 saturated heterocycles. The van der Waals surface area contributed by atoms with Crippen LogP contribution in [0.3, 0.4) is 0 Å². The van der Waals surface area contributed by atoms with Crippen LogP contribution >= 0.6 is 0 Å². The van der Waals surface area contributed by atoms with Crippen LogP contribution in [-0.2, 0) is 4.74 Å². The normalized spacial score (nSPS) is 16.3. The fraction of sp³-hybridized carbons (Fsp3) is 0.579. The van der Waals surface area contributed by atoms with E-state index >= 15 is 0 Å². The third-order valence-electron chi connectivity index (χ3n) is 4.50. The lowest BCUT2D eigenvalue weighted by molar-refractivity contribution is -0.384. The number of carbonyl (C=O) groups excluding carboxylic acids is 2. The van der Waals surface area contributed by atoms with Gasteiger partial charge >= 0.3 is 6.09 Å². The maximum absolute atomic E-state index is 12.4. The predicted octanol–water partition coefficient (Wildman–Crippen LogP) is 3.55. The summed E-state index contributed by atoms with van der Waals surface area (Å²) in [6.45, 7) is 5.69. The molecule has 0 radical (unpaired) electrons. The molecule has 1 aromatic rings. The minimum absolute atomic E-state index is 0.0677. The highest BCUT2D eigenvalue weighted by Crippen LogP contribution is 2.28. The number of hydrogen-bond donors (Lipinski definition) is 2. The van der Waals surface area contributed by atoms with Gasteiger partial charge in [0.15, 0.2) is 0 Å². The van der Waals surface area contributed by atoms with E-state index in [-0.39, 0.29) is 18.1 Å². The number of nitrogens with one attached hydrogen (secondary N) is 2. The molecule has 0 atom stereocenters. The number of nitro groups is 1. The molecule has 1 aromatic carbocycles. The molecule has 1 aliphatic carbocycles. The van der Waals surface area contributed by atoms with Crippen molar-refractivity contribution in [2.24, 2.45) is 0 Å². The molecule has 8 heteroatoms. The van der Waals surface area contributed by atoms with E-state index < -0.39 is 22.2 Å². The first-order chi connectivity index (χ1) is 12.6. The number of amides is 2. The van der Waals surface area contributed by atoms with E-state index in [2.05, 4.69) is 10.6 Å². The standard InChI is InChI=1S/C19H27N3O5/c1-18(2,3)27-17(24)21-19(11-5-4-6-12-19)13-20-16(23)14-7-9-15(10-8-14)22(25)26/h7-10H,4-6,11-13H2,1-3H3,(H,20,23)(H,21,24). The highest BCUT2D eigenvalue weighted by Gasteiger charge is 2.35. The molecule has 2 rings (SSSR count). The average molecular weight is 377 g/mol. The highest BCUT2D eigenvalue weighted by molar-refractivity contribution is 5.94. The molecule has 27 heavy (non-hydrogen) atoms. The summed E-state index contributed by atoms with van der Waals surface area (Å²) >= 11 is 0. The van der Waals surface area contributed by atoms with Gasteiger partial charge in [-0.1, -0.05) is 19.3 Å². The van der Waals surface area contributed by atoms with Gasteiger partial charge in [0.1, 0.15) is 5.60 Å². The lowest BCUT2D eigenvalue weighted by atomic mass is 9.81. The van der Waals surface area contributed by atoms with Crippen LogP contribution in [0.15, 0.2) is 24.3 Å². The van der Waals surface area contributed by atoms with Gasteiger partial charge in [0.25, 0.3) is 11.6 Å². The van der Waals surface area contributed by atoms with Gasteiger partial charge in [-0.15, -0.1) is 0 Å². The van der Waals surface area contributed by atoms with Crippen molar-refractivity contribution < 1.29 is 19.2 Å². The van der Waals surface area contributed by atoms with Crippen molar-refractivity contribution in [2.75, 3.05) is 6.54 Å². The molecule has 0 spiro atoms. The Kier molecular flexibility index (Phi) is 6.41. The van der Waals surface area contributed by atoms with Gasteiger partial charge in [-0.25, -0.2) is 4.79 Å². The number of nitro benzene ring substituents is 1. The van der Waals surface area contributed by atoms with Crippen molar-refractivity contribution >= 4 is 17.7 Å². The molecule has 2 amide bonds. The molecular weight excluding hydrogens is 350 g/mol.